The Bertz CT molecular complexity index is 768. The number of methoxy groups -OCH3 is 1. The fourth-order valence-electron chi connectivity index (χ4n) is 3.59. The number of piperazine rings is 1. The number of benzene rings is 2. The van der Waals surface area contributed by atoms with Crippen molar-refractivity contribution in [3.05, 3.63) is 59.7 Å². The Balaban J connectivity index is 1.46. The smallest absolute Gasteiger partial charge is 0.234 e. The monoisotopic (exact) mass is 381 g/mol. The lowest BCUT2D eigenvalue weighted by molar-refractivity contribution is -0.123. The summed E-state index contributed by atoms with van der Waals surface area (Å²) in [5, 5.41) is 3.13. The third-order valence-corrected chi connectivity index (χ3v) is 5.42. The highest BCUT2D eigenvalue weighted by Gasteiger charge is 2.20. The summed E-state index contributed by atoms with van der Waals surface area (Å²) in [6.45, 7) is 8.22. The van der Waals surface area contributed by atoms with Crippen LogP contribution in [0.5, 0.6) is 5.75 Å². The van der Waals surface area contributed by atoms with Crippen molar-refractivity contribution >= 4 is 11.6 Å². The third kappa shape index (κ3) is 5.26. The van der Waals surface area contributed by atoms with Crippen molar-refractivity contribution in [1.82, 2.24) is 10.2 Å². The molecule has 0 radical (unpaired) electrons. The van der Waals surface area contributed by atoms with Gasteiger partial charge < -0.3 is 15.0 Å². The Morgan fingerprint density at radius 1 is 1.11 bits per heavy atom. The van der Waals surface area contributed by atoms with Gasteiger partial charge in [0, 0.05) is 37.9 Å². The SMILES string of the molecule is CCc1ccc(C(C)NC(=O)CN2CCN(c3cccc(OC)c3)CC2)cc1. The number of nitrogens with zero attached hydrogens (tertiary/aromatic N) is 2. The van der Waals surface area contributed by atoms with Gasteiger partial charge in [-0.25, -0.2) is 0 Å². The summed E-state index contributed by atoms with van der Waals surface area (Å²) < 4.78 is 5.32. The van der Waals surface area contributed by atoms with Gasteiger partial charge in [0.25, 0.3) is 0 Å². The fraction of sp³-hybridized carbons (Fsp3) is 0.435. The van der Waals surface area contributed by atoms with Gasteiger partial charge in [0.1, 0.15) is 5.75 Å². The maximum absolute atomic E-state index is 12.5. The summed E-state index contributed by atoms with van der Waals surface area (Å²) in [5.41, 5.74) is 3.64. The molecular formula is C23H31N3O2. The molecule has 1 unspecified atom stereocenters. The second kappa shape index (κ2) is 9.60. The van der Waals surface area contributed by atoms with Crippen molar-refractivity contribution < 1.29 is 9.53 Å². The summed E-state index contributed by atoms with van der Waals surface area (Å²) in [5.74, 6) is 0.960. The molecule has 1 N–H and O–H groups in total. The molecule has 1 saturated heterocycles. The van der Waals surface area contributed by atoms with Crippen molar-refractivity contribution in [2.45, 2.75) is 26.3 Å². The topological polar surface area (TPSA) is 44.8 Å². The van der Waals surface area contributed by atoms with Gasteiger partial charge in [0.15, 0.2) is 0 Å². The van der Waals surface area contributed by atoms with E-state index in [-0.39, 0.29) is 11.9 Å². The van der Waals surface area contributed by atoms with Gasteiger partial charge in [0.2, 0.25) is 5.91 Å². The molecule has 5 heteroatoms. The van der Waals surface area contributed by atoms with Crippen LogP contribution in [-0.4, -0.2) is 50.6 Å². The molecule has 150 valence electrons. The molecule has 28 heavy (non-hydrogen) atoms. The molecule has 1 atom stereocenters. The second-order valence-corrected chi connectivity index (χ2v) is 7.35. The van der Waals surface area contributed by atoms with E-state index in [0.29, 0.717) is 6.54 Å². The van der Waals surface area contributed by atoms with Crippen LogP contribution in [0.25, 0.3) is 0 Å². The Labute approximate surface area is 168 Å². The summed E-state index contributed by atoms with van der Waals surface area (Å²) in [6.07, 6.45) is 1.03. The van der Waals surface area contributed by atoms with Crippen LogP contribution in [0.15, 0.2) is 48.5 Å². The first-order valence-electron chi connectivity index (χ1n) is 10.1. The Morgan fingerprint density at radius 2 is 1.82 bits per heavy atom. The minimum absolute atomic E-state index is 0.0245. The number of aryl methyl sites for hydroxylation is 1. The second-order valence-electron chi connectivity index (χ2n) is 7.35. The first kappa shape index (κ1) is 20.2. The Hall–Kier alpha value is -2.53. The zero-order chi connectivity index (χ0) is 19.9. The molecule has 5 nitrogen and oxygen atoms in total. The average Bonchev–Trinajstić information content (AvgIpc) is 2.74. The molecule has 0 bridgehead atoms. The molecule has 0 aliphatic carbocycles. The van der Waals surface area contributed by atoms with Gasteiger partial charge >= 0.3 is 0 Å². The van der Waals surface area contributed by atoms with E-state index in [9.17, 15) is 4.79 Å². The minimum atomic E-state index is 0.0245. The predicted molar refractivity (Wildman–Crippen MR) is 114 cm³/mol. The van der Waals surface area contributed by atoms with E-state index < -0.39 is 0 Å². The number of ether oxygens (including phenoxy) is 1. The van der Waals surface area contributed by atoms with Gasteiger partial charge in [-0.15, -0.1) is 0 Å². The summed E-state index contributed by atoms with van der Waals surface area (Å²) in [4.78, 5) is 17.0. The zero-order valence-corrected chi connectivity index (χ0v) is 17.1. The number of rotatable bonds is 7. The number of amides is 1. The lowest BCUT2D eigenvalue weighted by Gasteiger charge is -2.36. The molecule has 2 aromatic rings. The molecule has 1 fully saturated rings. The number of anilines is 1. The predicted octanol–water partition coefficient (Wildman–Crippen LogP) is 3.26. The number of carbonyl (C=O) groups is 1. The van der Waals surface area contributed by atoms with E-state index in [2.05, 4.69) is 58.4 Å². The third-order valence-electron chi connectivity index (χ3n) is 5.42. The Morgan fingerprint density at radius 3 is 2.46 bits per heavy atom. The van der Waals surface area contributed by atoms with E-state index in [1.165, 1.54) is 11.3 Å². The van der Waals surface area contributed by atoms with E-state index in [0.717, 1.165) is 43.9 Å². The lowest BCUT2D eigenvalue weighted by Crippen LogP contribution is -2.49. The Kier molecular flexibility index (Phi) is 6.93. The first-order chi connectivity index (χ1) is 13.6. The number of carbonyl (C=O) groups excluding carboxylic acids is 1. The number of hydrogen-bond donors (Lipinski definition) is 1. The van der Waals surface area contributed by atoms with E-state index in [1.807, 2.05) is 19.1 Å². The van der Waals surface area contributed by atoms with Crippen LogP contribution in [0.4, 0.5) is 5.69 Å². The quantitative estimate of drug-likeness (QED) is 0.800. The largest absolute Gasteiger partial charge is 0.497 e. The normalized spacial score (nSPS) is 15.9. The van der Waals surface area contributed by atoms with Crippen LogP contribution in [0.2, 0.25) is 0 Å². The highest BCUT2D eigenvalue weighted by atomic mass is 16.5. The molecule has 0 spiro atoms. The molecular weight excluding hydrogens is 350 g/mol. The van der Waals surface area contributed by atoms with E-state index in [4.69, 9.17) is 4.74 Å². The van der Waals surface area contributed by atoms with Crippen molar-refractivity contribution in [1.29, 1.82) is 0 Å². The van der Waals surface area contributed by atoms with Crippen molar-refractivity contribution in [3.8, 4) is 5.75 Å². The number of nitrogens with one attached hydrogen (secondary N) is 1. The summed E-state index contributed by atoms with van der Waals surface area (Å²) >= 11 is 0. The summed E-state index contributed by atoms with van der Waals surface area (Å²) in [7, 11) is 1.69. The van der Waals surface area contributed by atoms with Crippen molar-refractivity contribution in [2.24, 2.45) is 0 Å². The highest BCUT2D eigenvalue weighted by Crippen LogP contribution is 2.22. The molecule has 1 aliphatic rings. The van der Waals surface area contributed by atoms with Crippen LogP contribution in [0, 0.1) is 0 Å². The first-order valence-corrected chi connectivity index (χ1v) is 10.1. The van der Waals surface area contributed by atoms with E-state index in [1.54, 1.807) is 7.11 Å². The molecule has 3 rings (SSSR count). The van der Waals surface area contributed by atoms with Crippen LogP contribution in [0.3, 0.4) is 0 Å². The van der Waals surface area contributed by atoms with Crippen molar-refractivity contribution in [3.63, 3.8) is 0 Å². The van der Waals surface area contributed by atoms with Gasteiger partial charge in [0.05, 0.1) is 19.7 Å². The van der Waals surface area contributed by atoms with Crippen molar-refractivity contribution in [2.75, 3.05) is 44.7 Å². The van der Waals surface area contributed by atoms with Gasteiger partial charge in [-0.2, -0.15) is 0 Å². The van der Waals surface area contributed by atoms with Crippen LogP contribution < -0.4 is 15.0 Å². The zero-order valence-electron chi connectivity index (χ0n) is 17.1. The van der Waals surface area contributed by atoms with Gasteiger partial charge in [-0.05, 0) is 36.6 Å². The van der Waals surface area contributed by atoms with E-state index >= 15 is 0 Å². The molecule has 1 aliphatic heterocycles. The van der Waals surface area contributed by atoms with Crippen LogP contribution in [0.1, 0.15) is 31.0 Å². The maximum atomic E-state index is 12.5. The van der Waals surface area contributed by atoms with Gasteiger partial charge in [-0.1, -0.05) is 37.3 Å². The van der Waals surface area contributed by atoms with Crippen LogP contribution >= 0.6 is 0 Å². The summed E-state index contributed by atoms with van der Waals surface area (Å²) in [6, 6.07) is 16.7. The molecule has 0 saturated carbocycles. The van der Waals surface area contributed by atoms with Crippen LogP contribution in [-0.2, 0) is 11.2 Å². The standard InChI is InChI=1S/C23H31N3O2/c1-4-19-8-10-20(11-9-19)18(2)24-23(27)17-25-12-14-26(15-13-25)21-6-5-7-22(16-21)28-3/h5-11,16,18H,4,12-15,17H2,1-3H3,(H,24,27). The highest BCUT2D eigenvalue weighted by molar-refractivity contribution is 5.78. The molecule has 2 aromatic carbocycles. The molecule has 1 amide bonds. The van der Waals surface area contributed by atoms with Gasteiger partial charge in [-0.3, -0.25) is 9.69 Å². The molecule has 0 aromatic heterocycles. The average molecular weight is 382 g/mol. The lowest BCUT2D eigenvalue weighted by atomic mass is 10.1. The maximum Gasteiger partial charge on any atom is 0.234 e. The minimum Gasteiger partial charge on any atom is -0.497 e. The number of hydrogen-bond acceptors (Lipinski definition) is 4. The fourth-order valence-corrected chi connectivity index (χ4v) is 3.59. The molecule has 1 heterocycles.